The standard InChI is InChI=1S/C12H16BrFO2.C6H15NO.C2H6/c13-11-5-1-3-10(4-2-6-11)12(7-8-14)16-9-15;1-6(2,3)8-5-7-4;1-2/h3,5,9,12H,1-2,4,6-8H2;7H,5H2,1-4H3;1-2H3/b10-3+,11-5+;;. The predicted molar refractivity (Wildman–Crippen MR) is 111 cm³/mol. The topological polar surface area (TPSA) is 47.6 Å². The number of rotatable bonds is 7. The van der Waals surface area contributed by atoms with Crippen LogP contribution in [0.2, 0.25) is 0 Å². The van der Waals surface area contributed by atoms with Gasteiger partial charge in [-0.15, -0.1) is 0 Å². The number of hydrogen-bond acceptors (Lipinski definition) is 4. The van der Waals surface area contributed by atoms with Crippen molar-refractivity contribution in [1.29, 1.82) is 0 Å². The van der Waals surface area contributed by atoms with Gasteiger partial charge in [-0.2, -0.15) is 0 Å². The normalized spacial score (nSPS) is 19.5. The summed E-state index contributed by atoms with van der Waals surface area (Å²) in [6, 6.07) is 0. The molecule has 0 fully saturated rings. The summed E-state index contributed by atoms with van der Waals surface area (Å²) in [7, 11) is 1.87. The molecule has 1 atom stereocenters. The van der Waals surface area contributed by atoms with Crippen molar-refractivity contribution < 1.29 is 18.7 Å². The number of carbonyl (C=O) groups is 1. The first-order chi connectivity index (χ1) is 12.3. The first kappa shape index (κ1) is 27.5. The van der Waals surface area contributed by atoms with Gasteiger partial charge in [-0.25, -0.2) is 0 Å². The lowest BCUT2D eigenvalue weighted by Crippen LogP contribution is -2.25. The Labute approximate surface area is 167 Å². The Kier molecular flexibility index (Phi) is 18.7. The van der Waals surface area contributed by atoms with E-state index in [9.17, 15) is 9.18 Å². The summed E-state index contributed by atoms with van der Waals surface area (Å²) < 4.78 is 23.7. The number of carbonyl (C=O) groups excluding carboxylic acids is 1. The van der Waals surface area contributed by atoms with Crippen LogP contribution in [-0.2, 0) is 14.3 Å². The second kappa shape index (κ2) is 17.7. The quantitative estimate of drug-likeness (QED) is 0.316. The van der Waals surface area contributed by atoms with Gasteiger partial charge in [0, 0.05) is 6.42 Å². The number of halogens is 2. The lowest BCUT2D eigenvalue weighted by Gasteiger charge is -2.19. The molecule has 154 valence electrons. The van der Waals surface area contributed by atoms with Crippen molar-refractivity contribution in [3.05, 3.63) is 22.2 Å². The molecule has 6 heteroatoms. The number of hydrogen-bond donors (Lipinski definition) is 1. The molecule has 0 aliphatic heterocycles. The number of ether oxygens (including phenoxy) is 2. The Morgan fingerprint density at radius 1 is 1.31 bits per heavy atom. The first-order valence-electron chi connectivity index (χ1n) is 9.31. The SMILES string of the molecule is CC.CNCOC(C)(C)C.O=COC(CCF)/C1=C/C/C=C(/Br)CCC1. The van der Waals surface area contributed by atoms with E-state index in [-0.39, 0.29) is 18.1 Å². The molecule has 1 N–H and O–H groups in total. The molecule has 0 saturated carbocycles. The van der Waals surface area contributed by atoms with Crippen molar-refractivity contribution >= 4 is 22.4 Å². The number of alkyl halides is 1. The molecule has 1 unspecified atom stereocenters. The fraction of sp³-hybridized carbons (Fsp3) is 0.750. The predicted octanol–water partition coefficient (Wildman–Crippen LogP) is 5.67. The first-order valence-corrected chi connectivity index (χ1v) is 10.1. The Bertz CT molecular complexity index is 406. The molecule has 26 heavy (non-hydrogen) atoms. The summed E-state index contributed by atoms with van der Waals surface area (Å²) >= 11 is 3.48. The molecule has 0 aromatic rings. The van der Waals surface area contributed by atoms with E-state index in [1.54, 1.807) is 0 Å². The Morgan fingerprint density at radius 2 is 1.96 bits per heavy atom. The summed E-state index contributed by atoms with van der Waals surface area (Å²) in [6.07, 6.45) is 7.65. The largest absolute Gasteiger partial charge is 0.460 e. The molecular weight excluding hydrogens is 401 g/mol. The van der Waals surface area contributed by atoms with Gasteiger partial charge in [0.05, 0.1) is 19.0 Å². The van der Waals surface area contributed by atoms with Crippen molar-refractivity contribution in [2.75, 3.05) is 20.5 Å². The van der Waals surface area contributed by atoms with Crippen molar-refractivity contribution in [1.82, 2.24) is 5.32 Å². The molecule has 0 aromatic carbocycles. The third-order valence-electron chi connectivity index (χ3n) is 3.25. The van der Waals surface area contributed by atoms with Crippen LogP contribution in [0.1, 0.15) is 66.7 Å². The van der Waals surface area contributed by atoms with Crippen LogP contribution in [-0.4, -0.2) is 38.6 Å². The molecule has 1 rings (SSSR count). The molecule has 0 heterocycles. The van der Waals surface area contributed by atoms with E-state index in [2.05, 4.69) is 27.3 Å². The highest BCUT2D eigenvalue weighted by Gasteiger charge is 2.15. The summed E-state index contributed by atoms with van der Waals surface area (Å²) in [5.41, 5.74) is 1.03. The van der Waals surface area contributed by atoms with E-state index in [0.29, 0.717) is 13.2 Å². The molecule has 0 aromatic heterocycles. The van der Waals surface area contributed by atoms with Gasteiger partial charge >= 0.3 is 0 Å². The number of nitrogens with one attached hydrogen (secondary N) is 1. The van der Waals surface area contributed by atoms with Crippen LogP contribution in [0.25, 0.3) is 0 Å². The van der Waals surface area contributed by atoms with Gasteiger partial charge in [-0.3, -0.25) is 14.5 Å². The summed E-state index contributed by atoms with van der Waals surface area (Å²) in [5, 5.41) is 2.90. The van der Waals surface area contributed by atoms with Crippen molar-refractivity contribution in [3.8, 4) is 0 Å². The van der Waals surface area contributed by atoms with Gasteiger partial charge in [-0.1, -0.05) is 41.9 Å². The zero-order valence-corrected chi connectivity index (χ0v) is 18.8. The zero-order chi connectivity index (χ0) is 20.4. The molecule has 0 spiro atoms. The van der Waals surface area contributed by atoms with Crippen LogP contribution < -0.4 is 5.32 Å². The van der Waals surface area contributed by atoms with Gasteiger partial charge in [0.2, 0.25) is 0 Å². The maximum absolute atomic E-state index is 12.3. The van der Waals surface area contributed by atoms with Gasteiger partial charge in [0.15, 0.2) is 0 Å². The molecule has 0 bridgehead atoms. The molecule has 1 aliphatic carbocycles. The van der Waals surface area contributed by atoms with Gasteiger partial charge < -0.3 is 9.47 Å². The lowest BCUT2D eigenvalue weighted by atomic mass is 9.97. The highest BCUT2D eigenvalue weighted by molar-refractivity contribution is 9.11. The smallest absolute Gasteiger partial charge is 0.293 e. The minimum absolute atomic E-state index is 0.0109. The van der Waals surface area contributed by atoms with E-state index < -0.39 is 6.67 Å². The molecule has 0 radical (unpaired) electrons. The second-order valence-corrected chi connectivity index (χ2v) is 7.49. The van der Waals surface area contributed by atoms with E-state index in [0.717, 1.165) is 31.3 Å². The van der Waals surface area contributed by atoms with Crippen LogP contribution in [0.5, 0.6) is 0 Å². The Morgan fingerprint density at radius 3 is 2.42 bits per heavy atom. The van der Waals surface area contributed by atoms with E-state index in [4.69, 9.17) is 9.47 Å². The van der Waals surface area contributed by atoms with Crippen molar-refractivity contribution in [2.24, 2.45) is 0 Å². The molecular formula is C20H37BrFNO3. The summed E-state index contributed by atoms with van der Waals surface area (Å²) in [6.45, 7) is 10.7. The maximum atomic E-state index is 12.3. The minimum atomic E-state index is -0.463. The molecule has 4 nitrogen and oxygen atoms in total. The van der Waals surface area contributed by atoms with E-state index in [1.165, 1.54) is 4.48 Å². The van der Waals surface area contributed by atoms with E-state index in [1.807, 2.05) is 47.7 Å². The monoisotopic (exact) mass is 437 g/mol. The van der Waals surface area contributed by atoms with Crippen LogP contribution >= 0.6 is 15.9 Å². The van der Waals surface area contributed by atoms with Crippen LogP contribution in [0.3, 0.4) is 0 Å². The number of allylic oxidation sites excluding steroid dienone is 3. The fourth-order valence-electron chi connectivity index (χ4n) is 2.09. The third kappa shape index (κ3) is 16.7. The molecule has 0 saturated heterocycles. The van der Waals surface area contributed by atoms with Crippen molar-refractivity contribution in [2.45, 2.75) is 78.4 Å². The average Bonchev–Trinajstić information content (AvgIpc) is 2.58. The Balaban J connectivity index is 0. The van der Waals surface area contributed by atoms with Crippen LogP contribution in [0, 0.1) is 0 Å². The summed E-state index contributed by atoms with van der Waals surface area (Å²) in [4.78, 5) is 10.3. The lowest BCUT2D eigenvalue weighted by molar-refractivity contribution is -0.132. The molecule has 1 aliphatic rings. The van der Waals surface area contributed by atoms with Gasteiger partial charge in [0.25, 0.3) is 6.47 Å². The summed E-state index contributed by atoms with van der Waals surface area (Å²) in [5.74, 6) is 0. The van der Waals surface area contributed by atoms with E-state index >= 15 is 0 Å². The van der Waals surface area contributed by atoms with Crippen molar-refractivity contribution in [3.63, 3.8) is 0 Å². The van der Waals surface area contributed by atoms with Gasteiger partial charge in [0.1, 0.15) is 6.10 Å². The second-order valence-electron chi connectivity index (χ2n) is 6.47. The molecule has 0 amide bonds. The minimum Gasteiger partial charge on any atom is -0.460 e. The zero-order valence-electron chi connectivity index (χ0n) is 17.2. The average molecular weight is 438 g/mol. The Hall–Kier alpha value is -0.720. The van der Waals surface area contributed by atoms with Gasteiger partial charge in [-0.05, 0) is 63.6 Å². The van der Waals surface area contributed by atoms with Crippen LogP contribution in [0.4, 0.5) is 4.39 Å². The maximum Gasteiger partial charge on any atom is 0.293 e. The highest BCUT2D eigenvalue weighted by Crippen LogP contribution is 2.25. The highest BCUT2D eigenvalue weighted by atomic mass is 79.9. The van der Waals surface area contributed by atoms with Crippen LogP contribution in [0.15, 0.2) is 22.2 Å². The third-order valence-corrected chi connectivity index (χ3v) is 3.97. The fourth-order valence-corrected chi connectivity index (χ4v) is 2.56.